The number of amides is 3. The molecule has 0 bridgehead atoms. The molecule has 0 radical (unpaired) electrons. The Morgan fingerprint density at radius 2 is 1.73 bits per heavy atom. The quantitative estimate of drug-likeness (QED) is 0.548. The Kier molecular flexibility index (Phi) is 9.08. The maximum atomic E-state index is 14.6. The van der Waals surface area contributed by atoms with E-state index in [1.807, 2.05) is 19.9 Å². The third-order valence-corrected chi connectivity index (χ3v) is 4.50. The second-order valence-corrected chi connectivity index (χ2v) is 6.49. The molecule has 2 rings (SSSR count). The zero-order valence-electron chi connectivity index (χ0n) is 17.6. The molecular formula is C22H29FN4O3. The van der Waals surface area contributed by atoms with Gasteiger partial charge in [-0.15, -0.1) is 0 Å². The Morgan fingerprint density at radius 3 is 2.37 bits per heavy atom. The van der Waals surface area contributed by atoms with Gasteiger partial charge in [-0.25, -0.2) is 9.18 Å². The number of rotatable bonds is 10. The molecule has 2 aromatic carbocycles. The Labute approximate surface area is 176 Å². The fourth-order valence-corrected chi connectivity index (χ4v) is 2.87. The molecule has 0 heterocycles. The molecule has 0 saturated heterocycles. The van der Waals surface area contributed by atoms with E-state index in [2.05, 4.69) is 20.9 Å². The van der Waals surface area contributed by atoms with Gasteiger partial charge in [-0.2, -0.15) is 0 Å². The highest BCUT2D eigenvalue weighted by Gasteiger charge is 2.18. The predicted molar refractivity (Wildman–Crippen MR) is 117 cm³/mol. The topological polar surface area (TPSA) is 82.7 Å². The van der Waals surface area contributed by atoms with Crippen molar-refractivity contribution in [2.75, 3.05) is 43.4 Å². The Balaban J connectivity index is 2.10. The molecule has 2 aromatic rings. The van der Waals surface area contributed by atoms with Gasteiger partial charge >= 0.3 is 6.03 Å². The van der Waals surface area contributed by atoms with Crippen molar-refractivity contribution in [3.05, 3.63) is 53.8 Å². The zero-order chi connectivity index (χ0) is 21.9. The summed E-state index contributed by atoms with van der Waals surface area (Å²) in [6, 6.07) is 10.6. The van der Waals surface area contributed by atoms with Crippen LogP contribution in [-0.2, 0) is 0 Å². The minimum absolute atomic E-state index is 0.0772. The fraction of sp³-hybridized carbons (Fsp3) is 0.364. The Bertz CT molecular complexity index is 842. The molecule has 0 unspecified atom stereocenters. The molecule has 30 heavy (non-hydrogen) atoms. The molecule has 0 saturated carbocycles. The fourth-order valence-electron chi connectivity index (χ4n) is 2.87. The number of carbonyl (C=O) groups is 2. The summed E-state index contributed by atoms with van der Waals surface area (Å²) in [6.45, 7) is 9.06. The number of urea groups is 1. The summed E-state index contributed by atoms with van der Waals surface area (Å²) in [4.78, 5) is 26.9. The van der Waals surface area contributed by atoms with Crippen molar-refractivity contribution in [1.29, 1.82) is 0 Å². The average Bonchev–Trinajstić information content (AvgIpc) is 2.74. The zero-order valence-corrected chi connectivity index (χ0v) is 17.6. The lowest BCUT2D eigenvalue weighted by atomic mass is 10.1. The summed E-state index contributed by atoms with van der Waals surface area (Å²) in [5, 5.41) is 7.86. The predicted octanol–water partition coefficient (Wildman–Crippen LogP) is 3.94. The van der Waals surface area contributed by atoms with E-state index in [1.165, 1.54) is 6.07 Å². The van der Waals surface area contributed by atoms with E-state index in [0.29, 0.717) is 25.4 Å². The smallest absolute Gasteiger partial charge is 0.323 e. The largest absolute Gasteiger partial charge is 0.493 e. The third-order valence-electron chi connectivity index (χ3n) is 4.50. The number of likely N-dealkylation sites (N-methyl/N-ethyl adjacent to an activating group) is 1. The standard InChI is InChI=1S/C22H29FN4O3/c1-4-27(5-2)13-12-24-21(28)17-14-18(23)19(15-20(17)30-6-3)26-22(29)25-16-10-8-7-9-11-16/h7-11,14-15H,4-6,12-13H2,1-3H3,(H,24,28)(H2,25,26,29). The molecule has 0 fully saturated rings. The van der Waals surface area contributed by atoms with Gasteiger partial charge in [-0.05, 0) is 38.2 Å². The van der Waals surface area contributed by atoms with Gasteiger partial charge in [0.05, 0.1) is 17.9 Å². The molecule has 162 valence electrons. The van der Waals surface area contributed by atoms with Crippen LogP contribution in [0.3, 0.4) is 0 Å². The van der Waals surface area contributed by atoms with Crippen LogP contribution in [0.2, 0.25) is 0 Å². The van der Waals surface area contributed by atoms with Gasteiger partial charge in [0, 0.05) is 24.8 Å². The van der Waals surface area contributed by atoms with E-state index in [0.717, 1.165) is 19.2 Å². The van der Waals surface area contributed by atoms with E-state index < -0.39 is 17.8 Å². The number of halogens is 1. The molecule has 0 atom stereocenters. The van der Waals surface area contributed by atoms with Crippen molar-refractivity contribution < 1.29 is 18.7 Å². The number of hydrogen-bond donors (Lipinski definition) is 3. The van der Waals surface area contributed by atoms with Crippen LogP contribution in [0.15, 0.2) is 42.5 Å². The molecule has 0 spiro atoms. The molecular weight excluding hydrogens is 387 g/mol. The molecule has 7 nitrogen and oxygen atoms in total. The van der Waals surface area contributed by atoms with E-state index in [-0.39, 0.29) is 17.0 Å². The van der Waals surface area contributed by atoms with Gasteiger partial charge in [0.15, 0.2) is 0 Å². The molecule has 3 N–H and O–H groups in total. The number of anilines is 2. The van der Waals surface area contributed by atoms with Crippen molar-refractivity contribution in [2.45, 2.75) is 20.8 Å². The van der Waals surface area contributed by atoms with Crippen molar-refractivity contribution in [1.82, 2.24) is 10.2 Å². The van der Waals surface area contributed by atoms with Crippen LogP contribution in [0.4, 0.5) is 20.6 Å². The summed E-state index contributed by atoms with van der Waals surface area (Å²) in [6.07, 6.45) is 0. The number of benzene rings is 2. The van der Waals surface area contributed by atoms with Gasteiger partial charge in [0.25, 0.3) is 5.91 Å². The highest BCUT2D eigenvalue weighted by molar-refractivity contribution is 6.01. The average molecular weight is 416 g/mol. The molecule has 0 aliphatic carbocycles. The maximum Gasteiger partial charge on any atom is 0.323 e. The molecule has 0 aliphatic heterocycles. The highest BCUT2D eigenvalue weighted by atomic mass is 19.1. The molecule has 8 heteroatoms. The third kappa shape index (κ3) is 6.73. The SMILES string of the molecule is CCOc1cc(NC(=O)Nc2ccccc2)c(F)cc1C(=O)NCCN(CC)CC. The lowest BCUT2D eigenvalue weighted by molar-refractivity contribution is 0.0944. The number of nitrogens with zero attached hydrogens (tertiary/aromatic N) is 1. The molecule has 0 aromatic heterocycles. The van der Waals surface area contributed by atoms with Crippen LogP contribution in [0.1, 0.15) is 31.1 Å². The summed E-state index contributed by atoms with van der Waals surface area (Å²) in [5.74, 6) is -0.949. The van der Waals surface area contributed by atoms with Crippen LogP contribution in [0.5, 0.6) is 5.75 Å². The second-order valence-electron chi connectivity index (χ2n) is 6.49. The summed E-state index contributed by atoms with van der Waals surface area (Å²) < 4.78 is 20.1. The molecule has 0 aliphatic rings. The minimum atomic E-state index is -0.726. The van der Waals surface area contributed by atoms with Crippen molar-refractivity contribution in [2.24, 2.45) is 0 Å². The summed E-state index contributed by atoms with van der Waals surface area (Å²) in [5.41, 5.74) is 0.583. The van der Waals surface area contributed by atoms with Crippen molar-refractivity contribution in [3.8, 4) is 5.75 Å². The van der Waals surface area contributed by atoms with Crippen LogP contribution >= 0.6 is 0 Å². The number of hydrogen-bond acceptors (Lipinski definition) is 4. The number of nitrogens with one attached hydrogen (secondary N) is 3. The lowest BCUT2D eigenvalue weighted by Gasteiger charge is -2.18. The van der Waals surface area contributed by atoms with E-state index in [1.54, 1.807) is 31.2 Å². The normalized spacial score (nSPS) is 10.6. The van der Waals surface area contributed by atoms with E-state index >= 15 is 0 Å². The summed E-state index contributed by atoms with van der Waals surface area (Å²) >= 11 is 0. The van der Waals surface area contributed by atoms with Gasteiger partial charge in [-0.1, -0.05) is 32.0 Å². The monoisotopic (exact) mass is 416 g/mol. The number of ether oxygens (including phenoxy) is 1. The van der Waals surface area contributed by atoms with Gasteiger partial charge < -0.3 is 25.6 Å². The van der Waals surface area contributed by atoms with Gasteiger partial charge in [0.1, 0.15) is 11.6 Å². The number of para-hydroxylation sites is 1. The van der Waals surface area contributed by atoms with Crippen molar-refractivity contribution >= 4 is 23.3 Å². The first-order chi connectivity index (χ1) is 14.5. The Morgan fingerprint density at radius 1 is 1.03 bits per heavy atom. The van der Waals surface area contributed by atoms with Crippen LogP contribution in [0, 0.1) is 5.82 Å². The van der Waals surface area contributed by atoms with E-state index in [9.17, 15) is 14.0 Å². The highest BCUT2D eigenvalue weighted by Crippen LogP contribution is 2.27. The minimum Gasteiger partial charge on any atom is -0.493 e. The van der Waals surface area contributed by atoms with Crippen LogP contribution < -0.4 is 20.7 Å². The van der Waals surface area contributed by atoms with Gasteiger partial charge in [-0.3, -0.25) is 4.79 Å². The van der Waals surface area contributed by atoms with Crippen LogP contribution in [-0.4, -0.2) is 49.6 Å². The van der Waals surface area contributed by atoms with Crippen LogP contribution in [0.25, 0.3) is 0 Å². The van der Waals surface area contributed by atoms with Gasteiger partial charge in [0.2, 0.25) is 0 Å². The first kappa shape index (κ1) is 23.2. The van der Waals surface area contributed by atoms with Crippen molar-refractivity contribution in [3.63, 3.8) is 0 Å². The first-order valence-electron chi connectivity index (χ1n) is 10.1. The Hall–Kier alpha value is -3.13. The molecule has 3 amide bonds. The maximum absolute atomic E-state index is 14.6. The first-order valence-corrected chi connectivity index (χ1v) is 10.1. The van der Waals surface area contributed by atoms with E-state index in [4.69, 9.17) is 4.74 Å². The number of carbonyl (C=O) groups excluding carboxylic acids is 2. The lowest BCUT2D eigenvalue weighted by Crippen LogP contribution is -2.35. The second kappa shape index (κ2) is 11.8. The summed E-state index contributed by atoms with van der Waals surface area (Å²) in [7, 11) is 0.